The molecule has 4 heteroatoms. The molecule has 1 N–H and O–H groups in total. The molecular weight excluding hydrogens is 288 g/mol. The average Bonchev–Trinajstić information content (AvgIpc) is 3.08. The number of ether oxygens (including phenoxy) is 1. The number of hydrogen-bond acceptors (Lipinski definition) is 3. The Kier molecular flexibility index (Phi) is 6.06. The molecule has 1 atom stereocenters. The molecule has 3 rings (SSSR count). The van der Waals surface area contributed by atoms with Crippen LogP contribution in [0.5, 0.6) is 0 Å². The number of likely N-dealkylation sites (tertiary alicyclic amines) is 1. The van der Waals surface area contributed by atoms with Gasteiger partial charge in [-0.25, -0.2) is 0 Å². The molecule has 0 aliphatic carbocycles. The summed E-state index contributed by atoms with van der Waals surface area (Å²) in [5, 5.41) is 3.03. The van der Waals surface area contributed by atoms with Gasteiger partial charge >= 0.3 is 0 Å². The van der Waals surface area contributed by atoms with Crippen molar-refractivity contribution in [1.82, 2.24) is 10.2 Å². The van der Waals surface area contributed by atoms with Crippen molar-refractivity contribution in [3.63, 3.8) is 0 Å². The molecule has 0 bridgehead atoms. The molecule has 0 radical (unpaired) electrons. The topological polar surface area (TPSA) is 41.6 Å². The van der Waals surface area contributed by atoms with Crippen molar-refractivity contribution >= 4 is 5.91 Å². The summed E-state index contributed by atoms with van der Waals surface area (Å²) >= 11 is 0. The fourth-order valence-corrected chi connectivity index (χ4v) is 3.46. The van der Waals surface area contributed by atoms with E-state index >= 15 is 0 Å². The van der Waals surface area contributed by atoms with Crippen molar-refractivity contribution in [2.75, 3.05) is 26.3 Å². The van der Waals surface area contributed by atoms with Gasteiger partial charge in [0.15, 0.2) is 0 Å². The van der Waals surface area contributed by atoms with E-state index in [0.29, 0.717) is 18.9 Å². The van der Waals surface area contributed by atoms with E-state index in [9.17, 15) is 4.79 Å². The molecule has 0 saturated carbocycles. The van der Waals surface area contributed by atoms with E-state index in [2.05, 4.69) is 34.5 Å². The number of carbonyl (C=O) groups excluding carboxylic acids is 1. The molecule has 0 unspecified atom stereocenters. The summed E-state index contributed by atoms with van der Waals surface area (Å²) in [5.74, 6) is 0.535. The van der Waals surface area contributed by atoms with Crippen LogP contribution in [0.1, 0.15) is 43.2 Å². The standard InChI is InChI=1S/C19H28N2O2/c22-19(12-18-4-3-11-23-15-18)20-13-16-5-7-17(8-6-16)14-21-9-1-2-10-21/h5-8,18H,1-4,9-15H2,(H,20,22)/t18-/m1/s1. The number of amides is 1. The van der Waals surface area contributed by atoms with Crippen molar-refractivity contribution in [3.05, 3.63) is 35.4 Å². The lowest BCUT2D eigenvalue weighted by molar-refractivity contribution is -0.123. The number of rotatable bonds is 6. The van der Waals surface area contributed by atoms with Gasteiger partial charge in [-0.05, 0) is 55.8 Å². The Labute approximate surface area is 139 Å². The Morgan fingerprint density at radius 2 is 1.87 bits per heavy atom. The lowest BCUT2D eigenvalue weighted by Crippen LogP contribution is -2.28. The molecule has 1 aromatic carbocycles. The van der Waals surface area contributed by atoms with Crippen LogP contribution in [0, 0.1) is 5.92 Å². The highest BCUT2D eigenvalue weighted by molar-refractivity contribution is 5.76. The zero-order chi connectivity index (χ0) is 15.9. The zero-order valence-electron chi connectivity index (χ0n) is 13.9. The summed E-state index contributed by atoms with van der Waals surface area (Å²) in [4.78, 5) is 14.5. The fraction of sp³-hybridized carbons (Fsp3) is 0.632. The highest BCUT2D eigenvalue weighted by Gasteiger charge is 2.17. The van der Waals surface area contributed by atoms with Crippen molar-refractivity contribution in [1.29, 1.82) is 0 Å². The maximum Gasteiger partial charge on any atom is 0.220 e. The van der Waals surface area contributed by atoms with Gasteiger partial charge in [-0.1, -0.05) is 24.3 Å². The summed E-state index contributed by atoms with van der Waals surface area (Å²) in [5.41, 5.74) is 2.53. The van der Waals surface area contributed by atoms with E-state index in [1.807, 2.05) is 0 Å². The third-order valence-electron chi connectivity index (χ3n) is 4.85. The van der Waals surface area contributed by atoms with Crippen LogP contribution in [0.3, 0.4) is 0 Å². The minimum absolute atomic E-state index is 0.140. The van der Waals surface area contributed by atoms with Gasteiger partial charge in [0.25, 0.3) is 0 Å². The number of hydrogen-bond donors (Lipinski definition) is 1. The Hall–Kier alpha value is -1.39. The maximum absolute atomic E-state index is 12.0. The molecule has 2 aliphatic rings. The van der Waals surface area contributed by atoms with Crippen molar-refractivity contribution < 1.29 is 9.53 Å². The molecule has 23 heavy (non-hydrogen) atoms. The third kappa shape index (κ3) is 5.33. The molecule has 0 aromatic heterocycles. The van der Waals surface area contributed by atoms with E-state index in [0.717, 1.165) is 32.6 Å². The molecule has 2 fully saturated rings. The number of nitrogens with one attached hydrogen (secondary N) is 1. The first-order chi connectivity index (χ1) is 11.3. The first-order valence-electron chi connectivity index (χ1n) is 8.94. The van der Waals surface area contributed by atoms with Crippen LogP contribution < -0.4 is 5.32 Å². The van der Waals surface area contributed by atoms with Gasteiger partial charge in [0, 0.05) is 32.7 Å². The van der Waals surface area contributed by atoms with Crippen LogP contribution in [-0.4, -0.2) is 37.1 Å². The summed E-state index contributed by atoms with van der Waals surface area (Å²) in [6.07, 6.45) is 5.44. The Morgan fingerprint density at radius 3 is 2.57 bits per heavy atom. The smallest absolute Gasteiger partial charge is 0.220 e. The van der Waals surface area contributed by atoms with E-state index < -0.39 is 0 Å². The van der Waals surface area contributed by atoms with Crippen LogP contribution in [0.25, 0.3) is 0 Å². The van der Waals surface area contributed by atoms with Crippen LogP contribution in [0.15, 0.2) is 24.3 Å². The quantitative estimate of drug-likeness (QED) is 0.877. The predicted molar refractivity (Wildman–Crippen MR) is 91.0 cm³/mol. The molecule has 1 aromatic rings. The highest BCUT2D eigenvalue weighted by Crippen LogP contribution is 2.17. The first kappa shape index (κ1) is 16.5. The minimum Gasteiger partial charge on any atom is -0.381 e. The third-order valence-corrected chi connectivity index (χ3v) is 4.85. The van der Waals surface area contributed by atoms with Crippen LogP contribution in [-0.2, 0) is 22.6 Å². The van der Waals surface area contributed by atoms with Gasteiger partial charge in [-0.15, -0.1) is 0 Å². The molecule has 2 aliphatic heterocycles. The molecule has 4 nitrogen and oxygen atoms in total. The number of benzene rings is 1. The Bertz CT molecular complexity index is 489. The molecule has 1 amide bonds. The molecule has 2 heterocycles. The SMILES string of the molecule is O=C(C[C@H]1CCCOC1)NCc1ccc(CN2CCCC2)cc1. The number of carbonyl (C=O) groups is 1. The molecule has 0 spiro atoms. The van der Waals surface area contributed by atoms with Crippen molar-refractivity contribution in [3.8, 4) is 0 Å². The van der Waals surface area contributed by atoms with Gasteiger partial charge < -0.3 is 10.1 Å². The lowest BCUT2D eigenvalue weighted by atomic mass is 9.98. The second-order valence-electron chi connectivity index (χ2n) is 6.86. The van der Waals surface area contributed by atoms with Crippen LogP contribution in [0.2, 0.25) is 0 Å². The van der Waals surface area contributed by atoms with Gasteiger partial charge in [0.2, 0.25) is 5.91 Å². The minimum atomic E-state index is 0.140. The van der Waals surface area contributed by atoms with Gasteiger partial charge in [-0.2, -0.15) is 0 Å². The average molecular weight is 316 g/mol. The normalized spacial score (nSPS) is 22.2. The number of nitrogens with zero attached hydrogens (tertiary/aromatic N) is 1. The molecule has 126 valence electrons. The largest absolute Gasteiger partial charge is 0.381 e. The van der Waals surface area contributed by atoms with Crippen molar-refractivity contribution in [2.45, 2.75) is 45.2 Å². The Morgan fingerprint density at radius 1 is 1.13 bits per heavy atom. The summed E-state index contributed by atoms with van der Waals surface area (Å²) in [6, 6.07) is 8.65. The van der Waals surface area contributed by atoms with Crippen LogP contribution >= 0.6 is 0 Å². The lowest BCUT2D eigenvalue weighted by Gasteiger charge is -2.21. The van der Waals surface area contributed by atoms with E-state index in [1.54, 1.807) is 0 Å². The fourth-order valence-electron chi connectivity index (χ4n) is 3.46. The summed E-state index contributed by atoms with van der Waals surface area (Å²) in [6.45, 7) is 5.70. The predicted octanol–water partition coefficient (Wildman–Crippen LogP) is 2.72. The second-order valence-corrected chi connectivity index (χ2v) is 6.86. The van der Waals surface area contributed by atoms with Crippen LogP contribution in [0.4, 0.5) is 0 Å². The van der Waals surface area contributed by atoms with Crippen molar-refractivity contribution in [2.24, 2.45) is 5.92 Å². The van der Waals surface area contributed by atoms with E-state index in [-0.39, 0.29) is 5.91 Å². The first-order valence-corrected chi connectivity index (χ1v) is 8.94. The summed E-state index contributed by atoms with van der Waals surface area (Å²) < 4.78 is 5.43. The van der Waals surface area contributed by atoms with Gasteiger partial charge in [0.05, 0.1) is 0 Å². The monoisotopic (exact) mass is 316 g/mol. The second kappa shape index (κ2) is 8.46. The summed E-state index contributed by atoms with van der Waals surface area (Å²) in [7, 11) is 0. The van der Waals surface area contributed by atoms with E-state index in [4.69, 9.17) is 4.74 Å². The van der Waals surface area contributed by atoms with Gasteiger partial charge in [0.1, 0.15) is 0 Å². The van der Waals surface area contributed by atoms with Gasteiger partial charge in [-0.3, -0.25) is 9.69 Å². The highest BCUT2D eigenvalue weighted by atomic mass is 16.5. The molecule has 2 saturated heterocycles. The maximum atomic E-state index is 12.0. The zero-order valence-corrected chi connectivity index (χ0v) is 13.9. The Balaban J connectivity index is 1.40. The molecular formula is C19H28N2O2. The van der Waals surface area contributed by atoms with E-state index in [1.165, 1.54) is 37.1 Å².